The van der Waals surface area contributed by atoms with Crippen molar-refractivity contribution in [3.05, 3.63) is 0 Å². The summed E-state index contributed by atoms with van der Waals surface area (Å²) < 4.78 is 10.2. The number of hydrogen-bond acceptors (Lipinski definition) is 3. The summed E-state index contributed by atoms with van der Waals surface area (Å²) in [5.41, 5.74) is -0.377. The normalized spacial score (nSPS) is 28.3. The fourth-order valence-corrected chi connectivity index (χ4v) is 1.06. The van der Waals surface area contributed by atoms with Gasteiger partial charge in [-0.05, 0) is 27.2 Å². The van der Waals surface area contributed by atoms with Crippen molar-refractivity contribution in [2.24, 2.45) is 5.92 Å². The van der Waals surface area contributed by atoms with Gasteiger partial charge >= 0.3 is 5.97 Å². The second kappa shape index (κ2) is 3.05. The van der Waals surface area contributed by atoms with Crippen LogP contribution in [0.25, 0.3) is 0 Å². The first-order valence-electron chi connectivity index (χ1n) is 4.19. The van der Waals surface area contributed by atoms with Crippen molar-refractivity contribution in [2.45, 2.75) is 38.9 Å². The molecule has 0 aromatic rings. The van der Waals surface area contributed by atoms with Crippen LogP contribution in [0.2, 0.25) is 0 Å². The van der Waals surface area contributed by atoms with E-state index in [-0.39, 0.29) is 23.6 Å². The van der Waals surface area contributed by atoms with E-state index in [1.54, 1.807) is 7.11 Å². The monoisotopic (exact) mass is 172 g/mol. The van der Waals surface area contributed by atoms with Crippen molar-refractivity contribution >= 4 is 5.97 Å². The third-order valence-electron chi connectivity index (χ3n) is 1.74. The molecule has 0 bridgehead atoms. The molecule has 0 amide bonds. The summed E-state index contributed by atoms with van der Waals surface area (Å²) in [6.07, 6.45) is 0.908. The third kappa shape index (κ3) is 2.48. The summed E-state index contributed by atoms with van der Waals surface area (Å²) in [5, 5.41) is 0. The van der Waals surface area contributed by atoms with Crippen LogP contribution in [0.3, 0.4) is 0 Å². The van der Waals surface area contributed by atoms with E-state index in [1.165, 1.54) is 0 Å². The average Bonchev–Trinajstić information content (AvgIpc) is 2.60. The summed E-state index contributed by atoms with van der Waals surface area (Å²) in [6.45, 7) is 5.61. The average molecular weight is 172 g/mol. The van der Waals surface area contributed by atoms with Crippen molar-refractivity contribution in [2.75, 3.05) is 7.11 Å². The standard InChI is InChI=1S/C9H16O3/c1-9(2,3)12-8(10)6-5-7(6)11-4/h6-7H,5H2,1-4H3. The highest BCUT2D eigenvalue weighted by Crippen LogP contribution is 2.35. The molecule has 3 nitrogen and oxygen atoms in total. The molecule has 0 N–H and O–H groups in total. The van der Waals surface area contributed by atoms with Gasteiger partial charge in [0.2, 0.25) is 0 Å². The highest BCUT2D eigenvalue weighted by atomic mass is 16.6. The summed E-state index contributed by atoms with van der Waals surface area (Å²) >= 11 is 0. The van der Waals surface area contributed by atoms with Crippen LogP contribution in [0.5, 0.6) is 0 Å². The fraction of sp³-hybridized carbons (Fsp3) is 0.889. The molecule has 12 heavy (non-hydrogen) atoms. The van der Waals surface area contributed by atoms with Gasteiger partial charge in [-0.2, -0.15) is 0 Å². The first-order valence-corrected chi connectivity index (χ1v) is 4.19. The lowest BCUT2D eigenvalue weighted by molar-refractivity contribution is -0.157. The van der Waals surface area contributed by atoms with Gasteiger partial charge in [-0.15, -0.1) is 0 Å². The van der Waals surface area contributed by atoms with Crippen molar-refractivity contribution in [1.29, 1.82) is 0 Å². The number of ether oxygens (including phenoxy) is 2. The quantitative estimate of drug-likeness (QED) is 0.590. The fourth-order valence-electron chi connectivity index (χ4n) is 1.06. The van der Waals surface area contributed by atoms with Crippen molar-refractivity contribution in [1.82, 2.24) is 0 Å². The molecule has 1 saturated carbocycles. The molecule has 2 unspecified atom stereocenters. The van der Waals surface area contributed by atoms with Crippen LogP contribution in [0.1, 0.15) is 27.2 Å². The molecular weight excluding hydrogens is 156 g/mol. The van der Waals surface area contributed by atoms with E-state index in [2.05, 4.69) is 0 Å². The smallest absolute Gasteiger partial charge is 0.312 e. The maximum Gasteiger partial charge on any atom is 0.312 e. The zero-order valence-corrected chi connectivity index (χ0v) is 8.09. The summed E-state index contributed by atoms with van der Waals surface area (Å²) in [6, 6.07) is 0. The van der Waals surface area contributed by atoms with Gasteiger partial charge in [0.15, 0.2) is 0 Å². The Morgan fingerprint density at radius 3 is 2.33 bits per heavy atom. The van der Waals surface area contributed by atoms with E-state index in [0.717, 1.165) is 6.42 Å². The lowest BCUT2D eigenvalue weighted by Gasteiger charge is -2.19. The molecule has 2 atom stereocenters. The number of methoxy groups -OCH3 is 1. The Balaban J connectivity index is 2.32. The van der Waals surface area contributed by atoms with Gasteiger partial charge < -0.3 is 9.47 Å². The Labute approximate surface area is 73.0 Å². The first-order chi connectivity index (χ1) is 5.44. The summed E-state index contributed by atoms with van der Waals surface area (Å²) in [5.74, 6) is -0.149. The van der Waals surface area contributed by atoms with Crippen molar-refractivity contribution in [3.8, 4) is 0 Å². The summed E-state index contributed by atoms with van der Waals surface area (Å²) in [4.78, 5) is 11.3. The highest BCUT2D eigenvalue weighted by Gasteiger charge is 2.45. The Hall–Kier alpha value is -0.570. The largest absolute Gasteiger partial charge is 0.460 e. The number of hydrogen-bond donors (Lipinski definition) is 0. The number of carbonyl (C=O) groups excluding carboxylic acids is 1. The van der Waals surface area contributed by atoms with Gasteiger partial charge in [-0.3, -0.25) is 4.79 Å². The molecule has 0 spiro atoms. The molecule has 0 saturated heterocycles. The van der Waals surface area contributed by atoms with Crippen LogP contribution in [0.15, 0.2) is 0 Å². The van der Waals surface area contributed by atoms with Crippen LogP contribution in [0.4, 0.5) is 0 Å². The molecule has 0 aromatic heterocycles. The Morgan fingerprint density at radius 2 is 2.00 bits per heavy atom. The van der Waals surface area contributed by atoms with E-state index in [0.29, 0.717) is 0 Å². The van der Waals surface area contributed by atoms with Gasteiger partial charge in [0.25, 0.3) is 0 Å². The molecule has 0 aliphatic heterocycles. The second-order valence-corrected chi connectivity index (χ2v) is 4.15. The molecule has 1 fully saturated rings. The minimum absolute atomic E-state index is 0.0192. The van der Waals surface area contributed by atoms with E-state index in [1.807, 2.05) is 20.8 Å². The minimum Gasteiger partial charge on any atom is -0.460 e. The number of esters is 1. The van der Waals surface area contributed by atoms with Crippen LogP contribution in [0, 0.1) is 5.92 Å². The minimum atomic E-state index is -0.377. The third-order valence-corrected chi connectivity index (χ3v) is 1.74. The SMILES string of the molecule is COC1CC1C(=O)OC(C)(C)C. The first kappa shape index (κ1) is 9.52. The topological polar surface area (TPSA) is 35.5 Å². The number of carbonyl (C=O) groups is 1. The lowest BCUT2D eigenvalue weighted by Crippen LogP contribution is -2.25. The van der Waals surface area contributed by atoms with E-state index in [9.17, 15) is 4.79 Å². The Bertz CT molecular complexity index is 181. The zero-order chi connectivity index (χ0) is 9.35. The molecule has 0 heterocycles. The van der Waals surface area contributed by atoms with Crippen molar-refractivity contribution < 1.29 is 14.3 Å². The second-order valence-electron chi connectivity index (χ2n) is 4.15. The molecule has 1 aliphatic rings. The van der Waals surface area contributed by atoms with Gasteiger partial charge in [0.05, 0.1) is 12.0 Å². The van der Waals surface area contributed by atoms with Crippen LogP contribution in [-0.4, -0.2) is 24.8 Å². The molecule has 0 radical (unpaired) electrons. The molecule has 0 aromatic carbocycles. The zero-order valence-electron chi connectivity index (χ0n) is 8.09. The molecule has 1 aliphatic carbocycles. The maximum absolute atomic E-state index is 11.3. The summed E-state index contributed by atoms with van der Waals surface area (Å²) in [7, 11) is 1.62. The Kier molecular flexibility index (Phi) is 2.42. The number of rotatable bonds is 2. The van der Waals surface area contributed by atoms with E-state index >= 15 is 0 Å². The van der Waals surface area contributed by atoms with Gasteiger partial charge in [0, 0.05) is 7.11 Å². The lowest BCUT2D eigenvalue weighted by atomic mass is 10.2. The van der Waals surface area contributed by atoms with Gasteiger partial charge in [0.1, 0.15) is 5.60 Å². The molecule has 3 heteroatoms. The van der Waals surface area contributed by atoms with Crippen LogP contribution in [-0.2, 0) is 14.3 Å². The highest BCUT2D eigenvalue weighted by molar-refractivity contribution is 5.76. The predicted octanol–water partition coefficient (Wildman–Crippen LogP) is 1.36. The maximum atomic E-state index is 11.3. The van der Waals surface area contributed by atoms with Crippen LogP contribution >= 0.6 is 0 Å². The van der Waals surface area contributed by atoms with E-state index < -0.39 is 0 Å². The molecule has 1 rings (SSSR count). The van der Waals surface area contributed by atoms with Crippen molar-refractivity contribution in [3.63, 3.8) is 0 Å². The van der Waals surface area contributed by atoms with Gasteiger partial charge in [-0.25, -0.2) is 0 Å². The predicted molar refractivity (Wildman–Crippen MR) is 44.7 cm³/mol. The molecule has 70 valence electrons. The Morgan fingerprint density at radius 1 is 1.42 bits per heavy atom. The van der Waals surface area contributed by atoms with Crippen LogP contribution < -0.4 is 0 Å². The van der Waals surface area contributed by atoms with E-state index in [4.69, 9.17) is 9.47 Å². The van der Waals surface area contributed by atoms with Gasteiger partial charge in [-0.1, -0.05) is 0 Å². The molecular formula is C9H16O3.